The fraction of sp³-hybridized carbons (Fsp3) is 0.500. The third-order valence-corrected chi connectivity index (χ3v) is 6.11. The predicted octanol–water partition coefficient (Wildman–Crippen LogP) is 4.96. The second kappa shape index (κ2) is 6.83. The van der Waals surface area contributed by atoms with Gasteiger partial charge in [-0.2, -0.15) is 0 Å². The standard InChI is InChI=1S/C20H23ClN2O2/c1-13-18(19(22-25-13)16-8-4-5-9-17(16)21)20(24)23-11-10-14-6-2-3-7-15(14)12-23/h4-5,8-9,14-15H,2-3,6-7,10-12H2,1H3/t14-,15+/m0/s1. The highest BCUT2D eigenvalue weighted by atomic mass is 35.5. The Morgan fingerprint density at radius 3 is 2.76 bits per heavy atom. The Labute approximate surface area is 153 Å². The van der Waals surface area contributed by atoms with Crippen LogP contribution < -0.4 is 0 Å². The topological polar surface area (TPSA) is 46.3 Å². The smallest absolute Gasteiger partial charge is 0.259 e. The summed E-state index contributed by atoms with van der Waals surface area (Å²) in [5.41, 5.74) is 1.86. The molecule has 2 atom stereocenters. The van der Waals surface area contributed by atoms with Gasteiger partial charge in [-0.3, -0.25) is 4.79 Å². The number of carbonyl (C=O) groups is 1. The van der Waals surface area contributed by atoms with Crippen LogP contribution in [0.15, 0.2) is 28.8 Å². The van der Waals surface area contributed by atoms with Crippen molar-refractivity contribution in [3.63, 3.8) is 0 Å². The van der Waals surface area contributed by atoms with Crippen molar-refractivity contribution in [3.8, 4) is 11.3 Å². The van der Waals surface area contributed by atoms with E-state index in [0.717, 1.165) is 31.0 Å². The number of aromatic nitrogens is 1. The van der Waals surface area contributed by atoms with Crippen LogP contribution in [0.3, 0.4) is 0 Å². The number of amides is 1. The van der Waals surface area contributed by atoms with Gasteiger partial charge in [0.25, 0.3) is 5.91 Å². The zero-order chi connectivity index (χ0) is 17.4. The van der Waals surface area contributed by atoms with Crippen LogP contribution in [-0.2, 0) is 0 Å². The number of piperidine rings is 1. The lowest BCUT2D eigenvalue weighted by Gasteiger charge is -2.41. The minimum atomic E-state index is 0.0256. The molecule has 2 aliphatic rings. The molecule has 1 saturated heterocycles. The maximum absolute atomic E-state index is 13.2. The third-order valence-electron chi connectivity index (χ3n) is 5.78. The summed E-state index contributed by atoms with van der Waals surface area (Å²) in [5, 5.41) is 4.72. The number of rotatable bonds is 2. The lowest BCUT2D eigenvalue weighted by atomic mass is 9.75. The first-order valence-electron chi connectivity index (χ1n) is 9.15. The summed E-state index contributed by atoms with van der Waals surface area (Å²) >= 11 is 6.32. The quantitative estimate of drug-likeness (QED) is 0.762. The van der Waals surface area contributed by atoms with Crippen LogP contribution >= 0.6 is 11.6 Å². The number of nitrogens with zero attached hydrogens (tertiary/aromatic N) is 2. The number of aryl methyl sites for hydroxylation is 1. The molecular formula is C20H23ClN2O2. The second-order valence-electron chi connectivity index (χ2n) is 7.29. The molecule has 1 aromatic heterocycles. The van der Waals surface area contributed by atoms with Crippen LogP contribution in [0.25, 0.3) is 11.3 Å². The maximum atomic E-state index is 13.2. The fourth-order valence-electron chi connectivity index (χ4n) is 4.40. The van der Waals surface area contributed by atoms with Crippen LogP contribution in [0.1, 0.15) is 48.2 Å². The number of halogens is 1. The summed E-state index contributed by atoms with van der Waals surface area (Å²) in [6.45, 7) is 3.48. The molecule has 1 amide bonds. The monoisotopic (exact) mass is 358 g/mol. The molecule has 0 spiro atoms. The number of hydrogen-bond acceptors (Lipinski definition) is 3. The van der Waals surface area contributed by atoms with Crippen molar-refractivity contribution in [1.82, 2.24) is 10.1 Å². The van der Waals surface area contributed by atoms with Gasteiger partial charge in [0.05, 0.1) is 5.02 Å². The summed E-state index contributed by atoms with van der Waals surface area (Å²) in [7, 11) is 0. The fourth-order valence-corrected chi connectivity index (χ4v) is 4.63. The van der Waals surface area contributed by atoms with Crippen molar-refractivity contribution in [2.45, 2.75) is 39.0 Å². The molecule has 4 rings (SSSR count). The first kappa shape index (κ1) is 16.6. The number of benzene rings is 1. The Morgan fingerprint density at radius 1 is 1.20 bits per heavy atom. The molecular weight excluding hydrogens is 336 g/mol. The summed E-state index contributed by atoms with van der Waals surface area (Å²) in [6, 6.07) is 7.45. The van der Waals surface area contributed by atoms with Crippen molar-refractivity contribution < 1.29 is 9.32 Å². The molecule has 1 saturated carbocycles. The molecule has 132 valence electrons. The van der Waals surface area contributed by atoms with Crippen LogP contribution in [0.4, 0.5) is 0 Å². The Bertz CT molecular complexity index is 786. The molecule has 25 heavy (non-hydrogen) atoms. The summed E-state index contributed by atoms with van der Waals surface area (Å²) in [4.78, 5) is 15.2. The van der Waals surface area contributed by atoms with Gasteiger partial charge in [-0.1, -0.05) is 54.2 Å². The third kappa shape index (κ3) is 3.08. The van der Waals surface area contributed by atoms with E-state index >= 15 is 0 Å². The van der Waals surface area contributed by atoms with Gasteiger partial charge in [0, 0.05) is 18.7 Å². The highest BCUT2D eigenvalue weighted by molar-refractivity contribution is 6.33. The summed E-state index contributed by atoms with van der Waals surface area (Å²) < 4.78 is 5.37. The van der Waals surface area contributed by atoms with Crippen LogP contribution in [-0.4, -0.2) is 29.1 Å². The highest BCUT2D eigenvalue weighted by Gasteiger charge is 2.35. The van der Waals surface area contributed by atoms with Gasteiger partial charge >= 0.3 is 0 Å². The van der Waals surface area contributed by atoms with Gasteiger partial charge in [-0.05, 0) is 37.7 Å². The highest BCUT2D eigenvalue weighted by Crippen LogP contribution is 2.38. The van der Waals surface area contributed by atoms with Crippen LogP contribution in [0.5, 0.6) is 0 Å². The van der Waals surface area contributed by atoms with E-state index in [2.05, 4.69) is 5.16 Å². The van der Waals surface area contributed by atoms with E-state index in [-0.39, 0.29) is 5.91 Å². The maximum Gasteiger partial charge on any atom is 0.259 e. The minimum Gasteiger partial charge on any atom is -0.360 e. The molecule has 2 fully saturated rings. The van der Waals surface area contributed by atoms with Gasteiger partial charge in [0.2, 0.25) is 0 Å². The lowest BCUT2D eigenvalue weighted by Crippen LogP contribution is -2.45. The first-order chi connectivity index (χ1) is 12.1. The molecule has 0 unspecified atom stereocenters. The molecule has 1 aliphatic heterocycles. The molecule has 0 radical (unpaired) electrons. The Balaban J connectivity index is 1.63. The molecule has 0 bridgehead atoms. The van der Waals surface area contributed by atoms with E-state index in [9.17, 15) is 4.79 Å². The Hall–Kier alpha value is -1.81. The summed E-state index contributed by atoms with van der Waals surface area (Å²) in [5.74, 6) is 2.03. The van der Waals surface area contributed by atoms with Gasteiger partial charge in [0.1, 0.15) is 17.0 Å². The van der Waals surface area contributed by atoms with E-state index in [4.69, 9.17) is 16.1 Å². The lowest BCUT2D eigenvalue weighted by molar-refractivity contribution is 0.0520. The average Bonchev–Trinajstić information content (AvgIpc) is 3.02. The molecule has 5 heteroatoms. The summed E-state index contributed by atoms with van der Waals surface area (Å²) in [6.07, 6.45) is 6.32. The van der Waals surface area contributed by atoms with E-state index in [1.807, 2.05) is 29.2 Å². The zero-order valence-corrected chi connectivity index (χ0v) is 15.3. The average molecular weight is 359 g/mol. The van der Waals surface area contributed by atoms with Crippen LogP contribution in [0, 0.1) is 18.8 Å². The Kier molecular flexibility index (Phi) is 4.55. The van der Waals surface area contributed by atoms with Gasteiger partial charge in [0.15, 0.2) is 0 Å². The van der Waals surface area contributed by atoms with E-state index in [1.165, 1.54) is 25.7 Å². The molecule has 2 aromatic rings. The molecule has 0 N–H and O–H groups in total. The second-order valence-corrected chi connectivity index (χ2v) is 7.69. The van der Waals surface area contributed by atoms with Crippen LogP contribution in [0.2, 0.25) is 5.02 Å². The minimum absolute atomic E-state index is 0.0256. The van der Waals surface area contributed by atoms with Gasteiger partial charge in [-0.15, -0.1) is 0 Å². The normalized spacial score (nSPS) is 23.4. The van der Waals surface area contributed by atoms with Crippen molar-refractivity contribution in [2.75, 3.05) is 13.1 Å². The van der Waals surface area contributed by atoms with E-state index in [1.54, 1.807) is 6.92 Å². The van der Waals surface area contributed by atoms with Crippen molar-refractivity contribution in [2.24, 2.45) is 11.8 Å². The van der Waals surface area contributed by atoms with Gasteiger partial charge < -0.3 is 9.42 Å². The van der Waals surface area contributed by atoms with E-state index in [0.29, 0.717) is 28.0 Å². The SMILES string of the molecule is Cc1onc(-c2ccccc2Cl)c1C(=O)N1CC[C@@H]2CCCC[C@@H]2C1. The number of fused-ring (bicyclic) bond motifs is 1. The largest absolute Gasteiger partial charge is 0.360 e. The predicted molar refractivity (Wildman–Crippen MR) is 97.7 cm³/mol. The molecule has 1 aromatic carbocycles. The number of likely N-dealkylation sites (tertiary alicyclic amines) is 1. The van der Waals surface area contributed by atoms with Crippen molar-refractivity contribution in [1.29, 1.82) is 0 Å². The first-order valence-corrected chi connectivity index (χ1v) is 9.53. The van der Waals surface area contributed by atoms with Crippen molar-refractivity contribution in [3.05, 3.63) is 40.6 Å². The van der Waals surface area contributed by atoms with Crippen molar-refractivity contribution >= 4 is 17.5 Å². The van der Waals surface area contributed by atoms with E-state index < -0.39 is 0 Å². The zero-order valence-electron chi connectivity index (χ0n) is 14.5. The molecule has 1 aliphatic carbocycles. The Morgan fingerprint density at radius 2 is 1.96 bits per heavy atom. The molecule has 4 nitrogen and oxygen atoms in total. The number of carbonyl (C=O) groups excluding carboxylic acids is 1. The van der Waals surface area contributed by atoms with Gasteiger partial charge in [-0.25, -0.2) is 0 Å². The molecule has 2 heterocycles. The number of hydrogen-bond donors (Lipinski definition) is 0.